The normalized spacial score (nSPS) is 18.6. The summed E-state index contributed by atoms with van der Waals surface area (Å²) < 4.78 is 45.8. The molecule has 0 saturated carbocycles. The smallest absolute Gasteiger partial charge is 0.416 e. The van der Waals surface area contributed by atoms with Crippen molar-refractivity contribution in [3.63, 3.8) is 0 Å². The highest BCUT2D eigenvalue weighted by molar-refractivity contribution is 5.95. The molecule has 0 bridgehead atoms. The fraction of sp³-hybridized carbons (Fsp3) is 0.333. The van der Waals surface area contributed by atoms with Crippen molar-refractivity contribution in [3.8, 4) is 11.4 Å². The third-order valence-electron chi connectivity index (χ3n) is 5.76. The lowest BCUT2D eigenvalue weighted by molar-refractivity contribution is -0.137. The molecular formula is C24H25F3N4O3. The van der Waals surface area contributed by atoms with E-state index in [0.29, 0.717) is 30.0 Å². The predicted molar refractivity (Wildman–Crippen MR) is 120 cm³/mol. The molecule has 3 aromatic rings. The van der Waals surface area contributed by atoms with Gasteiger partial charge >= 0.3 is 6.18 Å². The number of amides is 1. The maximum absolute atomic E-state index is 12.9. The Hall–Kier alpha value is -3.53. The van der Waals surface area contributed by atoms with Crippen molar-refractivity contribution in [2.75, 3.05) is 25.1 Å². The number of halogens is 3. The quantitative estimate of drug-likeness (QED) is 0.591. The molecule has 10 heteroatoms. The van der Waals surface area contributed by atoms with E-state index >= 15 is 0 Å². The van der Waals surface area contributed by atoms with Gasteiger partial charge in [0.25, 0.3) is 5.91 Å². The molecule has 2 aromatic carbocycles. The van der Waals surface area contributed by atoms with Gasteiger partial charge < -0.3 is 24.6 Å². The molecule has 1 saturated heterocycles. The SMILES string of the molecule is COc1cc(C(=O)NC2CC(O)CN(c3ccc(C(F)(F)F)cc3)C2)ccc1-n1cnc(C)c1. The van der Waals surface area contributed by atoms with Crippen LogP contribution in [-0.4, -0.2) is 52.9 Å². The van der Waals surface area contributed by atoms with Crippen LogP contribution in [0.4, 0.5) is 18.9 Å². The number of ether oxygens (including phenoxy) is 1. The number of rotatable bonds is 5. The van der Waals surface area contributed by atoms with Crippen LogP contribution in [0.25, 0.3) is 5.69 Å². The average molecular weight is 474 g/mol. The maximum Gasteiger partial charge on any atom is 0.416 e. The van der Waals surface area contributed by atoms with Crippen molar-refractivity contribution < 1.29 is 27.8 Å². The lowest BCUT2D eigenvalue weighted by Gasteiger charge is -2.37. The number of nitrogens with one attached hydrogen (secondary N) is 1. The predicted octanol–water partition coefficient (Wildman–Crippen LogP) is 3.58. The van der Waals surface area contributed by atoms with E-state index < -0.39 is 17.8 Å². The third kappa shape index (κ3) is 5.17. The van der Waals surface area contributed by atoms with Gasteiger partial charge in [-0.3, -0.25) is 4.79 Å². The summed E-state index contributed by atoms with van der Waals surface area (Å²) in [6.07, 6.45) is -1.30. The number of anilines is 1. The maximum atomic E-state index is 12.9. The number of carbonyl (C=O) groups is 1. The number of nitrogens with zero attached hydrogens (tertiary/aromatic N) is 3. The number of hydrogen-bond acceptors (Lipinski definition) is 5. The molecule has 2 heterocycles. The standard InChI is InChI=1S/C24H25F3N4O3/c1-15-11-31(14-28-15)21-8-3-16(9-22(21)34-2)23(33)29-18-10-20(32)13-30(12-18)19-6-4-17(5-7-19)24(25,26)27/h3-9,11,14,18,20,32H,10,12-13H2,1-2H3,(H,29,33). The van der Waals surface area contributed by atoms with Gasteiger partial charge in [-0.05, 0) is 55.8 Å². The molecule has 2 N–H and O–H groups in total. The number of carbonyl (C=O) groups excluding carboxylic acids is 1. The van der Waals surface area contributed by atoms with E-state index in [-0.39, 0.29) is 18.5 Å². The molecule has 0 aliphatic carbocycles. The molecule has 2 unspecified atom stereocenters. The molecule has 34 heavy (non-hydrogen) atoms. The van der Waals surface area contributed by atoms with E-state index in [1.54, 1.807) is 34.0 Å². The number of aryl methyl sites for hydroxylation is 1. The van der Waals surface area contributed by atoms with E-state index in [1.165, 1.54) is 19.2 Å². The summed E-state index contributed by atoms with van der Waals surface area (Å²) in [5.74, 6) is 0.165. The second-order valence-electron chi connectivity index (χ2n) is 8.32. The van der Waals surface area contributed by atoms with Crippen LogP contribution in [0.15, 0.2) is 55.0 Å². The number of imidazole rings is 1. The summed E-state index contributed by atoms with van der Waals surface area (Å²) in [4.78, 5) is 18.9. The van der Waals surface area contributed by atoms with Crippen LogP contribution in [0.1, 0.15) is 28.0 Å². The highest BCUT2D eigenvalue weighted by Crippen LogP contribution is 2.31. The molecule has 0 radical (unpaired) electrons. The molecule has 0 spiro atoms. The summed E-state index contributed by atoms with van der Waals surface area (Å²) in [5, 5.41) is 13.2. The number of β-amino-alcohol motifs (C(OH)–C–C–N with tert-alkyl or cyclic N) is 1. The summed E-state index contributed by atoms with van der Waals surface area (Å²) in [6, 6.07) is 9.46. The zero-order valence-corrected chi connectivity index (χ0v) is 18.7. The molecule has 1 fully saturated rings. The number of aliphatic hydroxyl groups excluding tert-OH is 1. The van der Waals surface area contributed by atoms with Crippen LogP contribution < -0.4 is 15.0 Å². The topological polar surface area (TPSA) is 79.6 Å². The minimum absolute atomic E-state index is 0.268. The molecule has 7 nitrogen and oxygen atoms in total. The van der Waals surface area contributed by atoms with Crippen LogP contribution in [-0.2, 0) is 6.18 Å². The van der Waals surface area contributed by atoms with Crippen LogP contribution in [0.2, 0.25) is 0 Å². The number of alkyl halides is 3. The number of piperidine rings is 1. The Morgan fingerprint density at radius 3 is 2.53 bits per heavy atom. The first-order chi connectivity index (χ1) is 16.1. The lowest BCUT2D eigenvalue weighted by Crippen LogP contribution is -2.52. The lowest BCUT2D eigenvalue weighted by atomic mass is 10.0. The Bertz CT molecular complexity index is 1160. The van der Waals surface area contributed by atoms with Gasteiger partial charge in [-0.1, -0.05) is 0 Å². The minimum Gasteiger partial charge on any atom is -0.495 e. The Kier molecular flexibility index (Phi) is 6.52. The Labute approximate surface area is 194 Å². The van der Waals surface area contributed by atoms with Gasteiger partial charge in [-0.25, -0.2) is 4.98 Å². The van der Waals surface area contributed by atoms with E-state index in [0.717, 1.165) is 23.5 Å². The minimum atomic E-state index is -4.41. The second-order valence-corrected chi connectivity index (χ2v) is 8.32. The van der Waals surface area contributed by atoms with Crippen LogP contribution in [0.3, 0.4) is 0 Å². The Morgan fingerprint density at radius 1 is 1.18 bits per heavy atom. The van der Waals surface area contributed by atoms with Crippen molar-refractivity contribution in [1.82, 2.24) is 14.9 Å². The van der Waals surface area contributed by atoms with Gasteiger partial charge in [-0.15, -0.1) is 0 Å². The van der Waals surface area contributed by atoms with E-state index in [4.69, 9.17) is 4.74 Å². The largest absolute Gasteiger partial charge is 0.495 e. The van der Waals surface area contributed by atoms with E-state index in [9.17, 15) is 23.1 Å². The number of benzene rings is 2. The first-order valence-electron chi connectivity index (χ1n) is 10.7. The Morgan fingerprint density at radius 2 is 1.91 bits per heavy atom. The van der Waals surface area contributed by atoms with Gasteiger partial charge in [0.2, 0.25) is 0 Å². The molecule has 1 aromatic heterocycles. The Balaban J connectivity index is 1.47. The van der Waals surface area contributed by atoms with Crippen LogP contribution >= 0.6 is 0 Å². The summed E-state index contributed by atoms with van der Waals surface area (Å²) >= 11 is 0. The molecule has 180 valence electrons. The van der Waals surface area contributed by atoms with Crippen molar-refractivity contribution in [2.24, 2.45) is 0 Å². The summed E-state index contributed by atoms with van der Waals surface area (Å²) in [6.45, 7) is 2.50. The van der Waals surface area contributed by atoms with Crippen LogP contribution in [0.5, 0.6) is 5.75 Å². The first kappa shape index (κ1) is 23.6. The molecule has 4 rings (SSSR count). The molecule has 1 amide bonds. The number of aromatic nitrogens is 2. The molecule has 1 aliphatic rings. The monoisotopic (exact) mass is 474 g/mol. The van der Waals surface area contributed by atoms with Gasteiger partial charge in [0, 0.05) is 36.6 Å². The number of hydrogen-bond donors (Lipinski definition) is 2. The summed E-state index contributed by atoms with van der Waals surface area (Å²) in [7, 11) is 1.52. The number of methoxy groups -OCH3 is 1. The van der Waals surface area contributed by atoms with Gasteiger partial charge in [0.15, 0.2) is 0 Å². The third-order valence-corrected chi connectivity index (χ3v) is 5.76. The zero-order chi connectivity index (χ0) is 24.5. The van der Waals surface area contributed by atoms with E-state index in [1.807, 2.05) is 13.1 Å². The summed E-state index contributed by atoms with van der Waals surface area (Å²) in [5.41, 5.74) is 1.78. The highest BCUT2D eigenvalue weighted by Gasteiger charge is 2.31. The van der Waals surface area contributed by atoms with Crippen LogP contribution in [0, 0.1) is 6.92 Å². The van der Waals surface area contributed by atoms with Crippen molar-refractivity contribution in [2.45, 2.75) is 31.7 Å². The average Bonchev–Trinajstić information content (AvgIpc) is 3.23. The molecule has 1 aliphatic heterocycles. The highest BCUT2D eigenvalue weighted by atomic mass is 19.4. The number of aliphatic hydroxyl groups is 1. The fourth-order valence-corrected chi connectivity index (χ4v) is 4.10. The van der Waals surface area contributed by atoms with Crippen molar-refractivity contribution in [3.05, 3.63) is 71.8 Å². The zero-order valence-electron chi connectivity index (χ0n) is 18.7. The fourth-order valence-electron chi connectivity index (χ4n) is 4.10. The van der Waals surface area contributed by atoms with Gasteiger partial charge in [-0.2, -0.15) is 13.2 Å². The van der Waals surface area contributed by atoms with Gasteiger partial charge in [0.05, 0.1) is 36.5 Å². The van der Waals surface area contributed by atoms with E-state index in [2.05, 4.69) is 10.3 Å². The van der Waals surface area contributed by atoms with Crippen molar-refractivity contribution in [1.29, 1.82) is 0 Å². The first-order valence-corrected chi connectivity index (χ1v) is 10.7. The van der Waals surface area contributed by atoms with Crippen molar-refractivity contribution >= 4 is 11.6 Å². The van der Waals surface area contributed by atoms with Gasteiger partial charge in [0.1, 0.15) is 5.75 Å². The molecule has 2 atom stereocenters. The molecular weight excluding hydrogens is 449 g/mol. The second kappa shape index (κ2) is 9.38.